The van der Waals surface area contributed by atoms with Crippen LogP contribution in [0.2, 0.25) is 0 Å². The number of rotatable bonds is 3. The van der Waals surface area contributed by atoms with Gasteiger partial charge in [0, 0.05) is 16.6 Å². The number of amides is 1. The van der Waals surface area contributed by atoms with E-state index in [1.165, 1.54) is 11.3 Å². The van der Waals surface area contributed by atoms with Gasteiger partial charge in [0.2, 0.25) is 0 Å². The second kappa shape index (κ2) is 5.42. The minimum atomic E-state index is -0.160. The Labute approximate surface area is 116 Å². The maximum Gasteiger partial charge on any atom is 0.256 e. The molecule has 0 saturated carbocycles. The summed E-state index contributed by atoms with van der Waals surface area (Å²) < 4.78 is 1.06. The number of anilines is 1. The number of nitrogens with one attached hydrogen (secondary N) is 1. The van der Waals surface area contributed by atoms with Crippen molar-refractivity contribution in [1.29, 1.82) is 0 Å². The lowest BCUT2D eigenvalue weighted by molar-refractivity contribution is 0.102. The third-order valence-electron chi connectivity index (χ3n) is 2.11. The number of thiophene rings is 1. The maximum atomic E-state index is 11.8. The molecule has 2 aromatic rings. The van der Waals surface area contributed by atoms with Crippen LogP contribution >= 0.6 is 33.9 Å². The molecule has 1 aromatic carbocycles. The molecule has 5 heteroatoms. The van der Waals surface area contributed by atoms with Crippen molar-refractivity contribution in [3.63, 3.8) is 0 Å². The van der Waals surface area contributed by atoms with Gasteiger partial charge < -0.3 is 5.32 Å². The largest absolute Gasteiger partial charge is 0.322 e. The third-order valence-corrected chi connectivity index (χ3v) is 3.90. The summed E-state index contributed by atoms with van der Waals surface area (Å²) >= 11 is 3.69. The van der Waals surface area contributed by atoms with Gasteiger partial charge in [-0.1, -0.05) is 12.1 Å². The average molecular weight is 357 g/mol. The molecule has 0 aliphatic heterocycles. The summed E-state index contributed by atoms with van der Waals surface area (Å²) in [5.74, 6) is -0.160. The molecule has 1 N–H and O–H groups in total. The van der Waals surface area contributed by atoms with Gasteiger partial charge in [-0.15, -0.1) is 11.3 Å². The molecule has 0 unspecified atom stereocenters. The van der Waals surface area contributed by atoms with Crippen molar-refractivity contribution >= 4 is 51.8 Å². The first-order valence-electron chi connectivity index (χ1n) is 4.79. The minimum absolute atomic E-state index is 0.160. The van der Waals surface area contributed by atoms with E-state index in [4.69, 9.17) is 0 Å². The average Bonchev–Trinajstić information content (AvgIpc) is 2.76. The van der Waals surface area contributed by atoms with Crippen LogP contribution in [0, 0.1) is 2.88 Å². The summed E-state index contributed by atoms with van der Waals surface area (Å²) in [5.41, 5.74) is 1.81. The quantitative estimate of drug-likeness (QED) is 0.676. The first-order valence-corrected chi connectivity index (χ1v) is 6.75. The first kappa shape index (κ1) is 12.3. The van der Waals surface area contributed by atoms with Crippen molar-refractivity contribution < 1.29 is 9.59 Å². The molecule has 1 amide bonds. The zero-order valence-electron chi connectivity index (χ0n) is 8.64. The van der Waals surface area contributed by atoms with Crippen molar-refractivity contribution in [2.24, 2.45) is 0 Å². The Morgan fingerprint density at radius 1 is 1.35 bits per heavy atom. The summed E-state index contributed by atoms with van der Waals surface area (Å²) in [6, 6.07) is 8.64. The van der Waals surface area contributed by atoms with Crippen LogP contribution in [0.15, 0.2) is 35.7 Å². The second-order valence-electron chi connectivity index (χ2n) is 3.34. The number of hydrogen-bond acceptors (Lipinski definition) is 3. The highest BCUT2D eigenvalue weighted by molar-refractivity contribution is 14.1. The molecule has 0 spiro atoms. The number of carbonyl (C=O) groups excluding carboxylic acids is 2. The number of halogens is 1. The van der Waals surface area contributed by atoms with E-state index >= 15 is 0 Å². The standard InChI is InChI=1S/C12H8INO2S/c13-11-5-9(7-17-11)12(16)14-10-3-1-2-8(4-10)6-15/h1-7H,(H,14,16). The summed E-state index contributed by atoms with van der Waals surface area (Å²) in [4.78, 5) is 22.4. The van der Waals surface area contributed by atoms with E-state index in [2.05, 4.69) is 27.9 Å². The van der Waals surface area contributed by atoms with E-state index in [0.717, 1.165) is 9.17 Å². The van der Waals surface area contributed by atoms with E-state index in [0.29, 0.717) is 16.8 Å². The molecule has 1 heterocycles. The normalized spacial score (nSPS) is 9.94. The zero-order chi connectivity index (χ0) is 12.3. The van der Waals surface area contributed by atoms with Crippen molar-refractivity contribution in [1.82, 2.24) is 0 Å². The molecular formula is C12H8INO2S. The van der Waals surface area contributed by atoms with Crippen LogP contribution in [0.25, 0.3) is 0 Å². The highest BCUT2D eigenvalue weighted by atomic mass is 127. The molecule has 3 nitrogen and oxygen atoms in total. The Bertz CT molecular complexity index is 565. The van der Waals surface area contributed by atoms with Crippen LogP contribution in [0.4, 0.5) is 5.69 Å². The molecular weight excluding hydrogens is 349 g/mol. The lowest BCUT2D eigenvalue weighted by Gasteiger charge is -2.03. The van der Waals surface area contributed by atoms with Crippen LogP contribution in [0.5, 0.6) is 0 Å². The van der Waals surface area contributed by atoms with E-state index in [1.54, 1.807) is 29.6 Å². The molecule has 86 valence electrons. The molecule has 0 saturated heterocycles. The number of hydrogen-bond donors (Lipinski definition) is 1. The van der Waals surface area contributed by atoms with E-state index in [1.807, 2.05) is 6.07 Å². The summed E-state index contributed by atoms with van der Waals surface area (Å²) in [6.07, 6.45) is 0.753. The summed E-state index contributed by atoms with van der Waals surface area (Å²) in [5, 5.41) is 4.56. The maximum absolute atomic E-state index is 11.8. The van der Waals surface area contributed by atoms with Crippen LogP contribution in [-0.4, -0.2) is 12.2 Å². The molecule has 0 bridgehead atoms. The molecule has 0 aliphatic carbocycles. The van der Waals surface area contributed by atoms with Crippen LogP contribution in [0.1, 0.15) is 20.7 Å². The lowest BCUT2D eigenvalue weighted by atomic mass is 10.2. The fraction of sp³-hybridized carbons (Fsp3) is 0. The van der Waals surface area contributed by atoms with E-state index in [-0.39, 0.29) is 5.91 Å². The van der Waals surface area contributed by atoms with Gasteiger partial charge in [-0.25, -0.2) is 0 Å². The molecule has 0 atom stereocenters. The zero-order valence-corrected chi connectivity index (χ0v) is 11.6. The predicted octanol–water partition coefficient (Wildman–Crippen LogP) is 3.42. The van der Waals surface area contributed by atoms with Crippen molar-refractivity contribution in [2.75, 3.05) is 5.32 Å². The van der Waals surface area contributed by atoms with Crippen LogP contribution in [0.3, 0.4) is 0 Å². The van der Waals surface area contributed by atoms with Gasteiger partial charge in [0.05, 0.1) is 8.45 Å². The Morgan fingerprint density at radius 2 is 2.18 bits per heavy atom. The highest BCUT2D eigenvalue weighted by Crippen LogP contribution is 2.18. The predicted molar refractivity (Wildman–Crippen MR) is 76.8 cm³/mol. The van der Waals surface area contributed by atoms with Gasteiger partial charge in [0.25, 0.3) is 5.91 Å². The summed E-state index contributed by atoms with van der Waals surface area (Å²) in [7, 11) is 0. The number of benzene rings is 1. The minimum Gasteiger partial charge on any atom is -0.322 e. The third kappa shape index (κ3) is 3.13. The number of aldehydes is 1. The topological polar surface area (TPSA) is 46.2 Å². The van der Waals surface area contributed by atoms with E-state index in [9.17, 15) is 9.59 Å². The van der Waals surface area contributed by atoms with Crippen molar-refractivity contribution in [3.8, 4) is 0 Å². The van der Waals surface area contributed by atoms with Gasteiger partial charge >= 0.3 is 0 Å². The Morgan fingerprint density at radius 3 is 2.82 bits per heavy atom. The summed E-state index contributed by atoms with van der Waals surface area (Å²) in [6.45, 7) is 0. The van der Waals surface area contributed by atoms with Gasteiger partial charge in [-0.05, 0) is 40.8 Å². The Hall–Kier alpha value is -1.21. The fourth-order valence-corrected chi connectivity index (χ4v) is 2.65. The SMILES string of the molecule is O=Cc1cccc(NC(=O)c2csc(I)c2)c1. The highest BCUT2D eigenvalue weighted by Gasteiger charge is 2.08. The first-order chi connectivity index (χ1) is 8.19. The second-order valence-corrected chi connectivity index (χ2v) is 6.14. The van der Waals surface area contributed by atoms with Crippen LogP contribution in [-0.2, 0) is 0 Å². The van der Waals surface area contributed by atoms with Gasteiger partial charge in [-0.2, -0.15) is 0 Å². The Kier molecular flexibility index (Phi) is 3.90. The Balaban J connectivity index is 2.15. The molecule has 0 fully saturated rings. The fourth-order valence-electron chi connectivity index (χ4n) is 1.32. The van der Waals surface area contributed by atoms with Crippen molar-refractivity contribution in [3.05, 3.63) is 49.7 Å². The van der Waals surface area contributed by atoms with Gasteiger partial charge in [0.1, 0.15) is 6.29 Å². The smallest absolute Gasteiger partial charge is 0.256 e. The van der Waals surface area contributed by atoms with Crippen LogP contribution < -0.4 is 5.32 Å². The molecule has 0 radical (unpaired) electrons. The molecule has 0 aliphatic rings. The van der Waals surface area contributed by atoms with Crippen molar-refractivity contribution in [2.45, 2.75) is 0 Å². The lowest BCUT2D eigenvalue weighted by Crippen LogP contribution is -2.10. The molecule has 1 aromatic heterocycles. The number of carbonyl (C=O) groups is 2. The van der Waals surface area contributed by atoms with E-state index < -0.39 is 0 Å². The van der Waals surface area contributed by atoms with Gasteiger partial charge in [-0.3, -0.25) is 9.59 Å². The molecule has 17 heavy (non-hydrogen) atoms. The monoisotopic (exact) mass is 357 g/mol. The van der Waals surface area contributed by atoms with Gasteiger partial charge in [0.15, 0.2) is 0 Å². The molecule has 2 rings (SSSR count).